The first kappa shape index (κ1) is 12.4. The highest BCUT2D eigenvalue weighted by molar-refractivity contribution is 9.10. The van der Waals surface area contributed by atoms with Crippen molar-refractivity contribution in [3.63, 3.8) is 0 Å². The average Bonchev–Trinajstić information content (AvgIpc) is 2.34. The van der Waals surface area contributed by atoms with Gasteiger partial charge in [-0.3, -0.25) is 0 Å². The van der Waals surface area contributed by atoms with Gasteiger partial charge in [-0.1, -0.05) is 0 Å². The van der Waals surface area contributed by atoms with Crippen molar-refractivity contribution in [3.05, 3.63) is 46.1 Å². The molecule has 5 heteroatoms. The van der Waals surface area contributed by atoms with Crippen LogP contribution in [0.15, 0.2) is 34.9 Å². The van der Waals surface area contributed by atoms with E-state index in [1.807, 2.05) is 19.1 Å². The third-order valence-electron chi connectivity index (χ3n) is 2.34. The number of nitriles is 1. The van der Waals surface area contributed by atoms with Gasteiger partial charge in [0.1, 0.15) is 0 Å². The molecule has 1 heterocycles. The second-order valence-electron chi connectivity index (χ2n) is 3.74. The van der Waals surface area contributed by atoms with E-state index < -0.39 is 0 Å². The smallest absolute Gasteiger partial charge is 0.222 e. The molecule has 0 aliphatic heterocycles. The quantitative estimate of drug-likeness (QED) is 0.863. The number of anilines is 1. The predicted octanol–water partition coefficient (Wildman–Crippen LogP) is 3.40. The van der Waals surface area contributed by atoms with Gasteiger partial charge in [0.15, 0.2) is 5.75 Å². The van der Waals surface area contributed by atoms with E-state index in [1.165, 1.54) is 0 Å². The molecule has 0 aliphatic rings. The van der Waals surface area contributed by atoms with Gasteiger partial charge in [0.05, 0.1) is 17.3 Å². The number of ether oxygens (including phenoxy) is 1. The Morgan fingerprint density at radius 2 is 2.17 bits per heavy atom. The molecule has 0 bridgehead atoms. The van der Waals surface area contributed by atoms with Gasteiger partial charge >= 0.3 is 0 Å². The zero-order valence-electron chi connectivity index (χ0n) is 9.64. The van der Waals surface area contributed by atoms with Crippen LogP contribution in [0, 0.1) is 18.3 Å². The maximum absolute atomic E-state index is 8.75. The largest absolute Gasteiger partial charge is 0.437 e. The van der Waals surface area contributed by atoms with E-state index in [1.54, 1.807) is 24.4 Å². The minimum absolute atomic E-state index is 0.415. The highest BCUT2D eigenvalue weighted by Crippen LogP contribution is 2.29. The van der Waals surface area contributed by atoms with Gasteiger partial charge in [0.25, 0.3) is 0 Å². The predicted molar refractivity (Wildman–Crippen MR) is 72.3 cm³/mol. The molecule has 1 aromatic heterocycles. The van der Waals surface area contributed by atoms with Gasteiger partial charge in [-0.25, -0.2) is 4.98 Å². The van der Waals surface area contributed by atoms with E-state index in [4.69, 9.17) is 15.7 Å². The maximum atomic E-state index is 8.75. The van der Waals surface area contributed by atoms with Crippen molar-refractivity contribution in [2.24, 2.45) is 0 Å². The third kappa shape index (κ3) is 2.60. The van der Waals surface area contributed by atoms with Crippen molar-refractivity contribution in [2.75, 3.05) is 5.73 Å². The number of nitrogen functional groups attached to an aromatic ring is 1. The van der Waals surface area contributed by atoms with Crippen LogP contribution in [0.25, 0.3) is 0 Å². The normalized spacial score (nSPS) is 9.83. The minimum atomic E-state index is 0.415. The molecule has 18 heavy (non-hydrogen) atoms. The number of pyridine rings is 1. The van der Waals surface area contributed by atoms with Crippen LogP contribution in [-0.2, 0) is 0 Å². The monoisotopic (exact) mass is 303 g/mol. The first-order chi connectivity index (χ1) is 8.60. The molecule has 0 aliphatic carbocycles. The third-order valence-corrected chi connectivity index (χ3v) is 2.78. The lowest BCUT2D eigenvalue weighted by atomic mass is 10.2. The summed E-state index contributed by atoms with van der Waals surface area (Å²) >= 11 is 3.34. The molecule has 2 N–H and O–H groups in total. The van der Waals surface area contributed by atoms with Crippen LogP contribution < -0.4 is 10.5 Å². The molecule has 0 amide bonds. The number of hydrogen-bond donors (Lipinski definition) is 1. The molecule has 0 atom stereocenters. The van der Waals surface area contributed by atoms with Crippen molar-refractivity contribution < 1.29 is 4.74 Å². The van der Waals surface area contributed by atoms with E-state index in [0.717, 1.165) is 10.0 Å². The van der Waals surface area contributed by atoms with Crippen molar-refractivity contribution in [2.45, 2.75) is 6.92 Å². The van der Waals surface area contributed by atoms with Crippen LogP contribution in [0.1, 0.15) is 11.1 Å². The Morgan fingerprint density at radius 1 is 1.39 bits per heavy atom. The summed E-state index contributed by atoms with van der Waals surface area (Å²) in [5.41, 5.74) is 7.62. The fourth-order valence-corrected chi connectivity index (χ4v) is 1.90. The molecule has 0 spiro atoms. The van der Waals surface area contributed by atoms with Gasteiger partial charge in [-0.05, 0) is 47.1 Å². The molecular weight excluding hydrogens is 294 g/mol. The summed E-state index contributed by atoms with van der Waals surface area (Å²) in [6, 6.07) is 8.81. The molecule has 0 saturated carbocycles. The van der Waals surface area contributed by atoms with Gasteiger partial charge in [0.2, 0.25) is 5.88 Å². The van der Waals surface area contributed by atoms with E-state index in [2.05, 4.69) is 20.9 Å². The number of nitrogens with two attached hydrogens (primary N) is 1. The summed E-state index contributed by atoms with van der Waals surface area (Å²) in [4.78, 5) is 4.17. The lowest BCUT2D eigenvalue weighted by Crippen LogP contribution is -1.96. The molecule has 0 unspecified atom stereocenters. The van der Waals surface area contributed by atoms with Crippen molar-refractivity contribution in [3.8, 4) is 17.7 Å². The Morgan fingerprint density at radius 3 is 2.78 bits per heavy atom. The Bertz CT molecular complexity index is 635. The van der Waals surface area contributed by atoms with E-state index in [0.29, 0.717) is 22.9 Å². The molecule has 4 nitrogen and oxygen atoms in total. The molecule has 1 aromatic carbocycles. The molecular formula is C13H10BrN3O. The fourth-order valence-electron chi connectivity index (χ4n) is 1.45. The van der Waals surface area contributed by atoms with Crippen LogP contribution >= 0.6 is 15.9 Å². The van der Waals surface area contributed by atoms with E-state index in [9.17, 15) is 0 Å². The van der Waals surface area contributed by atoms with Gasteiger partial charge in [-0.2, -0.15) is 5.26 Å². The number of nitrogens with zero attached hydrogens (tertiary/aromatic N) is 2. The molecule has 90 valence electrons. The zero-order chi connectivity index (χ0) is 13.1. The van der Waals surface area contributed by atoms with Crippen LogP contribution in [-0.4, -0.2) is 4.98 Å². The first-order valence-corrected chi connectivity index (χ1v) is 5.99. The second kappa shape index (κ2) is 5.07. The average molecular weight is 304 g/mol. The second-order valence-corrected chi connectivity index (χ2v) is 4.66. The summed E-state index contributed by atoms with van der Waals surface area (Å²) in [6.45, 7) is 1.90. The number of halogens is 1. The zero-order valence-corrected chi connectivity index (χ0v) is 11.2. The summed E-state index contributed by atoms with van der Waals surface area (Å²) in [7, 11) is 0. The Kier molecular flexibility index (Phi) is 3.49. The Balaban J connectivity index is 2.32. The first-order valence-electron chi connectivity index (χ1n) is 5.20. The van der Waals surface area contributed by atoms with Crippen LogP contribution in [0.4, 0.5) is 5.69 Å². The fraction of sp³-hybridized carbons (Fsp3) is 0.0769. The lowest BCUT2D eigenvalue weighted by molar-refractivity contribution is 0.461. The van der Waals surface area contributed by atoms with Crippen molar-refractivity contribution in [1.82, 2.24) is 4.98 Å². The van der Waals surface area contributed by atoms with E-state index >= 15 is 0 Å². The van der Waals surface area contributed by atoms with Crippen LogP contribution in [0.5, 0.6) is 11.6 Å². The summed E-state index contributed by atoms with van der Waals surface area (Å²) < 4.78 is 6.52. The molecule has 2 aromatic rings. The van der Waals surface area contributed by atoms with E-state index in [-0.39, 0.29) is 0 Å². The number of aromatic nitrogens is 1. The van der Waals surface area contributed by atoms with Crippen LogP contribution in [0.2, 0.25) is 0 Å². The van der Waals surface area contributed by atoms with Gasteiger partial charge in [-0.15, -0.1) is 0 Å². The molecule has 0 fully saturated rings. The Labute approximate surface area is 113 Å². The summed E-state index contributed by atoms with van der Waals surface area (Å²) in [6.07, 6.45) is 1.65. The van der Waals surface area contributed by atoms with Gasteiger partial charge in [0, 0.05) is 16.2 Å². The number of rotatable bonds is 2. The topological polar surface area (TPSA) is 71.9 Å². The standard InChI is InChI=1S/C13H10BrN3O/c1-8-4-10(14)7-17-13(8)18-12-3-2-9(6-15)5-11(12)16/h2-5,7H,16H2,1H3. The van der Waals surface area contributed by atoms with Gasteiger partial charge < -0.3 is 10.5 Å². The number of aryl methyl sites for hydroxylation is 1. The van der Waals surface area contributed by atoms with Crippen molar-refractivity contribution >= 4 is 21.6 Å². The number of benzene rings is 1. The van der Waals surface area contributed by atoms with Crippen LogP contribution in [0.3, 0.4) is 0 Å². The summed E-state index contributed by atoms with van der Waals surface area (Å²) in [5.74, 6) is 0.988. The maximum Gasteiger partial charge on any atom is 0.222 e. The number of hydrogen-bond acceptors (Lipinski definition) is 4. The highest BCUT2D eigenvalue weighted by atomic mass is 79.9. The Hall–Kier alpha value is -2.06. The summed E-state index contributed by atoms with van der Waals surface area (Å²) in [5, 5.41) is 8.75. The molecule has 0 saturated heterocycles. The lowest BCUT2D eigenvalue weighted by Gasteiger charge is -2.09. The SMILES string of the molecule is Cc1cc(Br)cnc1Oc1ccc(C#N)cc1N. The molecule has 0 radical (unpaired) electrons. The highest BCUT2D eigenvalue weighted by Gasteiger charge is 2.07. The molecule has 2 rings (SSSR count). The van der Waals surface area contributed by atoms with Crippen molar-refractivity contribution in [1.29, 1.82) is 5.26 Å². The minimum Gasteiger partial charge on any atom is -0.437 e.